The first-order chi connectivity index (χ1) is 9.70. The van der Waals surface area contributed by atoms with Crippen molar-refractivity contribution >= 4 is 11.6 Å². The van der Waals surface area contributed by atoms with E-state index in [1.165, 1.54) is 37.7 Å². The van der Waals surface area contributed by atoms with E-state index in [2.05, 4.69) is 29.3 Å². The van der Waals surface area contributed by atoms with Gasteiger partial charge in [0.2, 0.25) is 0 Å². The molecule has 0 amide bonds. The minimum atomic E-state index is 0.365. The number of hydrogen-bond donors (Lipinski definition) is 1. The van der Waals surface area contributed by atoms with Gasteiger partial charge in [0.1, 0.15) is 0 Å². The van der Waals surface area contributed by atoms with E-state index in [0.717, 1.165) is 24.7 Å². The molecule has 1 saturated carbocycles. The summed E-state index contributed by atoms with van der Waals surface area (Å²) in [6.07, 6.45) is 6.80. The van der Waals surface area contributed by atoms with E-state index in [1.807, 2.05) is 12.1 Å². The molecule has 110 valence electrons. The smallest absolute Gasteiger partial charge is 0.0451 e. The molecule has 1 heterocycles. The Bertz CT molecular complexity index is 454. The standard InChI is InChI=1S/C17H25ClN2/c1-14-11-20(12-15-7-3-4-8-16(15)18)17(13-19-14)9-5-2-6-10-17/h3-4,7-8,14,19H,2,5-6,9-13H2,1H3. The molecule has 2 fully saturated rings. The van der Waals surface area contributed by atoms with Crippen molar-refractivity contribution in [2.45, 2.75) is 57.2 Å². The summed E-state index contributed by atoms with van der Waals surface area (Å²) in [4.78, 5) is 2.70. The SMILES string of the molecule is CC1CN(Cc2ccccc2Cl)C2(CCCCC2)CN1. The van der Waals surface area contributed by atoms with Crippen molar-refractivity contribution in [2.24, 2.45) is 0 Å². The van der Waals surface area contributed by atoms with E-state index in [1.54, 1.807) is 0 Å². The topological polar surface area (TPSA) is 15.3 Å². The van der Waals surface area contributed by atoms with E-state index in [9.17, 15) is 0 Å². The third kappa shape index (κ3) is 2.88. The maximum Gasteiger partial charge on any atom is 0.0451 e. The van der Waals surface area contributed by atoms with E-state index in [-0.39, 0.29) is 0 Å². The zero-order chi connectivity index (χ0) is 14.0. The van der Waals surface area contributed by atoms with Gasteiger partial charge in [-0.25, -0.2) is 0 Å². The van der Waals surface area contributed by atoms with Crippen molar-refractivity contribution in [3.8, 4) is 0 Å². The predicted molar refractivity (Wildman–Crippen MR) is 85.1 cm³/mol. The van der Waals surface area contributed by atoms with Gasteiger partial charge in [-0.3, -0.25) is 4.90 Å². The molecule has 1 aromatic carbocycles. The first kappa shape index (κ1) is 14.4. The second-order valence-electron chi connectivity index (χ2n) is 6.54. The Morgan fingerprint density at radius 3 is 2.75 bits per heavy atom. The van der Waals surface area contributed by atoms with Crippen LogP contribution in [0.1, 0.15) is 44.6 Å². The fraction of sp³-hybridized carbons (Fsp3) is 0.647. The van der Waals surface area contributed by atoms with Crippen LogP contribution in [-0.2, 0) is 6.54 Å². The molecule has 1 aliphatic heterocycles. The Hall–Kier alpha value is -0.570. The van der Waals surface area contributed by atoms with Gasteiger partial charge in [0, 0.05) is 36.2 Å². The number of nitrogens with zero attached hydrogens (tertiary/aromatic N) is 1. The van der Waals surface area contributed by atoms with Crippen molar-refractivity contribution in [3.05, 3.63) is 34.9 Å². The number of hydrogen-bond acceptors (Lipinski definition) is 2. The zero-order valence-electron chi connectivity index (χ0n) is 12.4. The lowest BCUT2D eigenvalue weighted by atomic mass is 9.78. The highest BCUT2D eigenvalue weighted by Crippen LogP contribution is 2.36. The molecule has 0 bridgehead atoms. The fourth-order valence-corrected chi connectivity index (χ4v) is 4.03. The molecular formula is C17H25ClN2. The van der Waals surface area contributed by atoms with Gasteiger partial charge in [-0.15, -0.1) is 0 Å². The van der Waals surface area contributed by atoms with Crippen LogP contribution < -0.4 is 5.32 Å². The zero-order valence-corrected chi connectivity index (χ0v) is 13.1. The van der Waals surface area contributed by atoms with Gasteiger partial charge in [0.05, 0.1) is 0 Å². The third-order valence-corrected chi connectivity index (χ3v) is 5.42. The second-order valence-corrected chi connectivity index (χ2v) is 6.95. The fourth-order valence-electron chi connectivity index (χ4n) is 3.83. The van der Waals surface area contributed by atoms with Crippen LogP contribution in [0.25, 0.3) is 0 Å². The van der Waals surface area contributed by atoms with Crippen LogP contribution in [0.2, 0.25) is 5.02 Å². The van der Waals surface area contributed by atoms with Crippen molar-refractivity contribution in [1.29, 1.82) is 0 Å². The molecule has 1 N–H and O–H groups in total. The second kappa shape index (κ2) is 6.05. The van der Waals surface area contributed by atoms with Crippen LogP contribution in [0.5, 0.6) is 0 Å². The Morgan fingerprint density at radius 1 is 1.25 bits per heavy atom. The van der Waals surface area contributed by atoms with E-state index in [0.29, 0.717) is 11.6 Å². The van der Waals surface area contributed by atoms with Crippen molar-refractivity contribution < 1.29 is 0 Å². The Balaban J connectivity index is 1.81. The molecule has 2 nitrogen and oxygen atoms in total. The average molecular weight is 293 g/mol. The number of piperazine rings is 1. The van der Waals surface area contributed by atoms with Gasteiger partial charge in [0.15, 0.2) is 0 Å². The molecule has 0 aromatic heterocycles. The molecule has 1 unspecified atom stereocenters. The van der Waals surface area contributed by atoms with Crippen LogP contribution in [0.3, 0.4) is 0 Å². The van der Waals surface area contributed by atoms with Crippen molar-refractivity contribution in [2.75, 3.05) is 13.1 Å². The summed E-state index contributed by atoms with van der Waals surface area (Å²) in [5, 5.41) is 4.61. The maximum absolute atomic E-state index is 6.36. The van der Waals surface area contributed by atoms with Crippen LogP contribution in [0, 0.1) is 0 Å². The molecular weight excluding hydrogens is 268 g/mol. The van der Waals surface area contributed by atoms with Crippen LogP contribution in [0.15, 0.2) is 24.3 Å². The Labute approximate surface area is 127 Å². The monoisotopic (exact) mass is 292 g/mol. The molecule has 3 rings (SSSR count). The lowest BCUT2D eigenvalue weighted by molar-refractivity contribution is 0.00620. The van der Waals surface area contributed by atoms with E-state index in [4.69, 9.17) is 11.6 Å². The van der Waals surface area contributed by atoms with Crippen LogP contribution in [0.4, 0.5) is 0 Å². The number of benzene rings is 1. The largest absolute Gasteiger partial charge is 0.311 e. The third-order valence-electron chi connectivity index (χ3n) is 5.05. The molecule has 20 heavy (non-hydrogen) atoms. The first-order valence-corrected chi connectivity index (χ1v) is 8.29. The van der Waals surface area contributed by atoms with E-state index < -0.39 is 0 Å². The van der Waals surface area contributed by atoms with E-state index >= 15 is 0 Å². The van der Waals surface area contributed by atoms with Gasteiger partial charge in [-0.1, -0.05) is 49.1 Å². The summed E-state index contributed by atoms with van der Waals surface area (Å²) in [5.41, 5.74) is 1.64. The lowest BCUT2D eigenvalue weighted by Gasteiger charge is -2.51. The highest BCUT2D eigenvalue weighted by molar-refractivity contribution is 6.31. The van der Waals surface area contributed by atoms with Crippen LogP contribution >= 0.6 is 11.6 Å². The number of nitrogens with one attached hydrogen (secondary N) is 1. The van der Waals surface area contributed by atoms with Crippen molar-refractivity contribution in [3.63, 3.8) is 0 Å². The molecule has 3 heteroatoms. The number of halogens is 1. The minimum Gasteiger partial charge on any atom is -0.311 e. The summed E-state index contributed by atoms with van der Waals surface area (Å²) in [6.45, 7) is 5.55. The molecule has 1 aliphatic carbocycles. The van der Waals surface area contributed by atoms with Gasteiger partial charge in [0.25, 0.3) is 0 Å². The van der Waals surface area contributed by atoms with Crippen molar-refractivity contribution in [1.82, 2.24) is 10.2 Å². The minimum absolute atomic E-state index is 0.365. The maximum atomic E-state index is 6.36. The lowest BCUT2D eigenvalue weighted by Crippen LogP contribution is -2.64. The molecule has 1 atom stereocenters. The number of rotatable bonds is 2. The summed E-state index contributed by atoms with van der Waals surface area (Å²) in [5.74, 6) is 0. The van der Waals surface area contributed by atoms with Gasteiger partial charge in [-0.05, 0) is 31.4 Å². The summed E-state index contributed by atoms with van der Waals surface area (Å²) in [6, 6.07) is 8.87. The quantitative estimate of drug-likeness (QED) is 0.891. The molecule has 1 aromatic rings. The van der Waals surface area contributed by atoms with Crippen LogP contribution in [-0.4, -0.2) is 29.6 Å². The van der Waals surface area contributed by atoms with Gasteiger partial charge in [-0.2, -0.15) is 0 Å². The Morgan fingerprint density at radius 2 is 2.00 bits per heavy atom. The molecule has 1 saturated heterocycles. The normalized spacial score (nSPS) is 26.8. The summed E-state index contributed by atoms with van der Waals surface area (Å²) in [7, 11) is 0. The molecule has 1 spiro atoms. The predicted octanol–water partition coefficient (Wildman–Crippen LogP) is 3.84. The first-order valence-electron chi connectivity index (χ1n) is 7.91. The summed E-state index contributed by atoms with van der Waals surface area (Å²) >= 11 is 6.36. The highest BCUT2D eigenvalue weighted by atomic mass is 35.5. The van der Waals surface area contributed by atoms with Gasteiger partial charge >= 0.3 is 0 Å². The molecule has 2 aliphatic rings. The Kier molecular flexibility index (Phi) is 4.34. The molecule has 0 radical (unpaired) electrons. The highest BCUT2D eigenvalue weighted by Gasteiger charge is 2.41. The summed E-state index contributed by atoms with van der Waals surface area (Å²) < 4.78 is 0. The average Bonchev–Trinajstić information content (AvgIpc) is 2.47. The van der Waals surface area contributed by atoms with Gasteiger partial charge < -0.3 is 5.32 Å².